The number of aromatic nitrogens is 1. The second-order valence-corrected chi connectivity index (χ2v) is 6.62. The van der Waals surface area contributed by atoms with Gasteiger partial charge in [0.15, 0.2) is 0 Å². The second kappa shape index (κ2) is 5.94. The summed E-state index contributed by atoms with van der Waals surface area (Å²) in [5.74, 6) is -0.421. The van der Waals surface area contributed by atoms with E-state index >= 15 is 0 Å². The third-order valence-corrected chi connectivity index (χ3v) is 5.09. The van der Waals surface area contributed by atoms with E-state index in [4.69, 9.17) is 0 Å². The van der Waals surface area contributed by atoms with Gasteiger partial charge in [-0.1, -0.05) is 6.07 Å². The number of hydrogen-bond acceptors (Lipinski definition) is 4. The van der Waals surface area contributed by atoms with Crippen molar-refractivity contribution in [3.05, 3.63) is 30.5 Å². The van der Waals surface area contributed by atoms with Crippen LogP contribution in [0.15, 0.2) is 30.5 Å². The van der Waals surface area contributed by atoms with Crippen LogP contribution in [0.25, 0.3) is 10.9 Å². The average Bonchev–Trinajstić information content (AvgIpc) is 3.00. The summed E-state index contributed by atoms with van der Waals surface area (Å²) in [6.07, 6.45) is 4.21. The molecule has 2 N–H and O–H groups in total. The molecule has 0 saturated carbocycles. The van der Waals surface area contributed by atoms with Gasteiger partial charge in [-0.3, -0.25) is 14.9 Å². The number of carbonyl (C=O) groups is 2. The summed E-state index contributed by atoms with van der Waals surface area (Å²) in [5.41, 5.74) is 2.15. The predicted octanol–water partition coefficient (Wildman–Crippen LogP) is 1.58. The minimum absolute atomic E-state index is 0.194. The first-order chi connectivity index (χ1) is 11.6. The van der Waals surface area contributed by atoms with Crippen LogP contribution >= 0.6 is 0 Å². The van der Waals surface area contributed by atoms with Crippen molar-refractivity contribution in [2.75, 3.05) is 18.0 Å². The number of anilines is 1. The van der Waals surface area contributed by atoms with Crippen molar-refractivity contribution in [2.24, 2.45) is 0 Å². The topological polar surface area (TPSA) is 74.6 Å². The van der Waals surface area contributed by atoms with Crippen LogP contribution in [0.4, 0.5) is 5.69 Å². The number of aliphatic hydroxyl groups excluding tert-OH is 1. The highest BCUT2D eigenvalue weighted by molar-refractivity contribution is 6.01. The second-order valence-electron chi connectivity index (χ2n) is 6.62. The van der Waals surface area contributed by atoms with Crippen LogP contribution in [0.2, 0.25) is 0 Å². The standard InChI is InChI=1S/C18H21N3O3/c22-12-6-9-20(10-7-12)14-2-1-3-15-13(14)8-11-21(15)16-4-5-17(23)19-18(16)24/h1-3,8,11-12,16,22H,4-7,9-10H2,(H,19,23,24)/t16-/m0/s1. The Morgan fingerprint density at radius 3 is 2.62 bits per heavy atom. The summed E-state index contributed by atoms with van der Waals surface area (Å²) in [7, 11) is 0. The first-order valence-corrected chi connectivity index (χ1v) is 8.50. The largest absolute Gasteiger partial charge is 0.393 e. The number of hydrogen-bond donors (Lipinski definition) is 2. The molecule has 3 heterocycles. The molecule has 0 spiro atoms. The molecule has 6 nitrogen and oxygen atoms in total. The Hall–Kier alpha value is -2.34. The van der Waals surface area contributed by atoms with Crippen LogP contribution in [0.3, 0.4) is 0 Å². The third-order valence-electron chi connectivity index (χ3n) is 5.09. The molecule has 126 valence electrons. The molecule has 2 aliphatic rings. The van der Waals surface area contributed by atoms with E-state index in [1.54, 1.807) is 0 Å². The lowest BCUT2D eigenvalue weighted by Gasteiger charge is -2.32. The highest BCUT2D eigenvalue weighted by Crippen LogP contribution is 2.32. The quantitative estimate of drug-likeness (QED) is 0.821. The molecular formula is C18H21N3O3. The van der Waals surface area contributed by atoms with Gasteiger partial charge in [0.1, 0.15) is 6.04 Å². The van der Waals surface area contributed by atoms with Crippen LogP contribution in [0, 0.1) is 0 Å². The molecule has 0 radical (unpaired) electrons. The summed E-state index contributed by atoms with van der Waals surface area (Å²) in [5, 5.41) is 13.2. The molecule has 1 aromatic heterocycles. The molecular weight excluding hydrogens is 306 g/mol. The van der Waals surface area contributed by atoms with Crippen LogP contribution in [0.1, 0.15) is 31.7 Å². The molecule has 1 atom stereocenters. The number of imide groups is 1. The maximum absolute atomic E-state index is 12.2. The zero-order valence-electron chi connectivity index (χ0n) is 13.4. The van der Waals surface area contributed by atoms with Crippen molar-refractivity contribution < 1.29 is 14.7 Å². The zero-order valence-corrected chi connectivity index (χ0v) is 13.4. The number of nitrogens with zero attached hydrogens (tertiary/aromatic N) is 2. The normalized spacial score (nSPS) is 22.9. The van der Waals surface area contributed by atoms with Crippen molar-refractivity contribution in [3.63, 3.8) is 0 Å². The molecule has 24 heavy (non-hydrogen) atoms. The summed E-state index contributed by atoms with van der Waals surface area (Å²) in [6.45, 7) is 1.67. The number of piperidine rings is 2. The zero-order chi connectivity index (χ0) is 16.7. The molecule has 0 aliphatic carbocycles. The van der Waals surface area contributed by atoms with E-state index in [0.29, 0.717) is 12.8 Å². The Kier molecular flexibility index (Phi) is 3.76. The minimum Gasteiger partial charge on any atom is -0.393 e. The first-order valence-electron chi connectivity index (χ1n) is 8.50. The monoisotopic (exact) mass is 327 g/mol. The molecule has 6 heteroatoms. The average molecular weight is 327 g/mol. The lowest BCUT2D eigenvalue weighted by molar-refractivity contribution is -0.135. The SMILES string of the molecule is O=C1CC[C@H](n2ccc3c(N4CCC(O)CC4)cccc32)C(=O)N1. The van der Waals surface area contributed by atoms with Crippen molar-refractivity contribution in [3.8, 4) is 0 Å². The van der Waals surface area contributed by atoms with Crippen molar-refractivity contribution >= 4 is 28.4 Å². The number of amides is 2. The van der Waals surface area contributed by atoms with Crippen LogP contribution in [-0.4, -0.2) is 40.7 Å². The molecule has 0 unspecified atom stereocenters. The highest BCUT2D eigenvalue weighted by Gasteiger charge is 2.29. The Labute approximate surface area is 140 Å². The van der Waals surface area contributed by atoms with Crippen LogP contribution < -0.4 is 10.2 Å². The lowest BCUT2D eigenvalue weighted by atomic mass is 10.0. The number of nitrogens with one attached hydrogen (secondary N) is 1. The summed E-state index contributed by atoms with van der Waals surface area (Å²) < 4.78 is 1.97. The lowest BCUT2D eigenvalue weighted by Crippen LogP contribution is -2.41. The van der Waals surface area contributed by atoms with Gasteiger partial charge in [0.2, 0.25) is 11.8 Å². The molecule has 4 rings (SSSR count). The Balaban J connectivity index is 1.69. The smallest absolute Gasteiger partial charge is 0.249 e. The minimum atomic E-state index is -0.335. The fourth-order valence-corrected chi connectivity index (χ4v) is 3.77. The first kappa shape index (κ1) is 15.2. The number of rotatable bonds is 2. The van der Waals surface area contributed by atoms with E-state index in [-0.39, 0.29) is 24.0 Å². The predicted molar refractivity (Wildman–Crippen MR) is 90.8 cm³/mol. The van der Waals surface area contributed by atoms with Gasteiger partial charge >= 0.3 is 0 Å². The molecule has 2 amide bonds. The summed E-state index contributed by atoms with van der Waals surface area (Å²) >= 11 is 0. The summed E-state index contributed by atoms with van der Waals surface area (Å²) in [4.78, 5) is 25.8. The van der Waals surface area contributed by atoms with Gasteiger partial charge in [-0.2, -0.15) is 0 Å². The highest BCUT2D eigenvalue weighted by atomic mass is 16.3. The molecule has 0 bridgehead atoms. The van der Waals surface area contributed by atoms with E-state index in [0.717, 1.165) is 42.5 Å². The van der Waals surface area contributed by atoms with Gasteiger partial charge in [0.05, 0.1) is 11.6 Å². The summed E-state index contributed by atoms with van der Waals surface area (Å²) in [6, 6.07) is 7.82. The van der Waals surface area contributed by atoms with E-state index < -0.39 is 0 Å². The fraction of sp³-hybridized carbons (Fsp3) is 0.444. The molecule has 1 aromatic carbocycles. The van der Waals surface area contributed by atoms with Gasteiger partial charge in [-0.15, -0.1) is 0 Å². The molecule has 2 saturated heterocycles. The molecule has 2 aromatic rings. The van der Waals surface area contributed by atoms with E-state index in [9.17, 15) is 14.7 Å². The van der Waals surface area contributed by atoms with E-state index in [1.807, 2.05) is 29.0 Å². The maximum atomic E-state index is 12.2. The number of fused-ring (bicyclic) bond motifs is 1. The van der Waals surface area contributed by atoms with Crippen molar-refractivity contribution in [1.29, 1.82) is 0 Å². The number of carbonyl (C=O) groups excluding carboxylic acids is 2. The van der Waals surface area contributed by atoms with E-state index in [1.165, 1.54) is 0 Å². The van der Waals surface area contributed by atoms with Crippen LogP contribution in [0.5, 0.6) is 0 Å². The van der Waals surface area contributed by atoms with Crippen LogP contribution in [-0.2, 0) is 9.59 Å². The number of benzene rings is 1. The third kappa shape index (κ3) is 2.57. The maximum Gasteiger partial charge on any atom is 0.249 e. The molecule has 2 fully saturated rings. The Morgan fingerprint density at radius 2 is 1.88 bits per heavy atom. The van der Waals surface area contributed by atoms with Crippen molar-refractivity contribution in [2.45, 2.75) is 37.8 Å². The van der Waals surface area contributed by atoms with Crippen molar-refractivity contribution in [1.82, 2.24) is 9.88 Å². The number of aliphatic hydroxyl groups is 1. The van der Waals surface area contributed by atoms with Gasteiger partial charge in [-0.05, 0) is 37.5 Å². The molecule has 2 aliphatic heterocycles. The van der Waals surface area contributed by atoms with Gasteiger partial charge < -0.3 is 14.6 Å². The van der Waals surface area contributed by atoms with Gasteiger partial charge in [-0.25, -0.2) is 0 Å². The van der Waals surface area contributed by atoms with E-state index in [2.05, 4.69) is 16.3 Å². The van der Waals surface area contributed by atoms with Gasteiger partial charge in [0.25, 0.3) is 0 Å². The Morgan fingerprint density at radius 1 is 1.08 bits per heavy atom. The fourth-order valence-electron chi connectivity index (χ4n) is 3.77. The van der Waals surface area contributed by atoms with Gasteiger partial charge in [0, 0.05) is 36.8 Å². The Bertz CT molecular complexity index is 790.